The molecule has 10 rings (SSSR count). The molecule has 5 aromatic carbocycles. The fourth-order valence-electron chi connectivity index (χ4n) is 8.78. The van der Waals surface area contributed by atoms with Crippen LogP contribution >= 0.6 is 0 Å². The van der Waals surface area contributed by atoms with Gasteiger partial charge in [0, 0.05) is 22.3 Å². The molecule has 1 fully saturated rings. The van der Waals surface area contributed by atoms with Crippen molar-refractivity contribution in [1.82, 2.24) is 9.97 Å². The molecule has 0 bridgehead atoms. The molecule has 3 aliphatic carbocycles. The highest BCUT2D eigenvalue weighted by molar-refractivity contribution is 6.06. The van der Waals surface area contributed by atoms with Gasteiger partial charge in [0.05, 0.1) is 0 Å². The molecule has 3 heteroatoms. The van der Waals surface area contributed by atoms with E-state index in [1.54, 1.807) is 5.56 Å². The van der Waals surface area contributed by atoms with Crippen molar-refractivity contribution in [3.05, 3.63) is 162 Å². The third-order valence-corrected chi connectivity index (χ3v) is 11.2. The van der Waals surface area contributed by atoms with Gasteiger partial charge in [0.1, 0.15) is 22.6 Å². The molecule has 3 nitrogen and oxygen atoms in total. The fraction of sp³-hybridized carbons (Fsp3) is 0.174. The maximum atomic E-state index is 6.31. The van der Waals surface area contributed by atoms with E-state index in [9.17, 15) is 0 Å². The summed E-state index contributed by atoms with van der Waals surface area (Å²) >= 11 is 0. The van der Waals surface area contributed by atoms with Gasteiger partial charge in [-0.25, -0.2) is 9.97 Å². The second-order valence-electron chi connectivity index (χ2n) is 14.0. The molecule has 2 aromatic heterocycles. The van der Waals surface area contributed by atoms with Gasteiger partial charge in [-0.1, -0.05) is 141 Å². The first-order chi connectivity index (χ1) is 24.2. The van der Waals surface area contributed by atoms with Crippen LogP contribution in [-0.2, 0) is 5.41 Å². The van der Waals surface area contributed by atoms with E-state index < -0.39 is 0 Å². The standard InChI is InChI=1S/C46H36N2O/c1-3-11-33(12-4-1)42-44-43(38-14-6-8-16-41(38)49-44)48-45(47-42)34-23-21-31(22-24-34)30-17-19-32(20-18-30)35-25-26-37-36-13-5-7-15-39(36)46(40(37)29-35)27-9-2-10-28-46/h1,3-8,11-23,25-26,29,34H,2,9-10,24,27-28H2. The summed E-state index contributed by atoms with van der Waals surface area (Å²) in [6.45, 7) is 0. The average molecular weight is 633 g/mol. The van der Waals surface area contributed by atoms with Gasteiger partial charge in [-0.3, -0.25) is 0 Å². The van der Waals surface area contributed by atoms with E-state index in [0.717, 1.165) is 45.6 Å². The first-order valence-corrected chi connectivity index (χ1v) is 17.7. The molecule has 3 aliphatic rings. The third kappa shape index (κ3) is 4.56. The van der Waals surface area contributed by atoms with E-state index in [1.165, 1.54) is 71.1 Å². The highest BCUT2D eigenvalue weighted by Crippen LogP contribution is 2.56. The Labute approximate surface area is 286 Å². The first-order valence-electron chi connectivity index (χ1n) is 17.7. The Bertz CT molecular complexity index is 2440. The molecule has 7 aromatic rings. The maximum Gasteiger partial charge on any atom is 0.180 e. The number of aromatic nitrogens is 2. The van der Waals surface area contributed by atoms with Crippen molar-refractivity contribution in [2.45, 2.75) is 49.9 Å². The maximum absolute atomic E-state index is 6.31. The molecule has 1 spiro atoms. The summed E-state index contributed by atoms with van der Waals surface area (Å²) in [7, 11) is 0. The minimum atomic E-state index is 0.0891. The zero-order valence-corrected chi connectivity index (χ0v) is 27.4. The Morgan fingerprint density at radius 2 is 1.35 bits per heavy atom. The molecule has 0 radical (unpaired) electrons. The lowest BCUT2D eigenvalue weighted by atomic mass is 9.67. The molecule has 0 aliphatic heterocycles. The van der Waals surface area contributed by atoms with Crippen LogP contribution in [0.5, 0.6) is 0 Å². The Morgan fingerprint density at radius 3 is 2.18 bits per heavy atom. The minimum absolute atomic E-state index is 0.0891. The van der Waals surface area contributed by atoms with Gasteiger partial charge < -0.3 is 4.42 Å². The number of benzene rings is 5. The Kier molecular flexibility index (Phi) is 6.55. The summed E-state index contributed by atoms with van der Waals surface area (Å²) in [5, 5.41) is 1.02. The summed E-state index contributed by atoms with van der Waals surface area (Å²) in [6, 6.07) is 43.9. The van der Waals surface area contributed by atoms with Crippen molar-refractivity contribution in [3.8, 4) is 33.5 Å². The molecular weight excluding hydrogens is 597 g/mol. The Balaban J connectivity index is 0.941. The lowest BCUT2D eigenvalue weighted by molar-refractivity contribution is 0.353. The fourth-order valence-corrected chi connectivity index (χ4v) is 8.78. The second kappa shape index (κ2) is 11.3. The van der Waals surface area contributed by atoms with Crippen molar-refractivity contribution in [2.24, 2.45) is 0 Å². The van der Waals surface area contributed by atoms with E-state index in [2.05, 4.69) is 103 Å². The van der Waals surface area contributed by atoms with Gasteiger partial charge in [-0.05, 0) is 82.0 Å². The predicted octanol–water partition coefficient (Wildman–Crippen LogP) is 12.1. The summed E-state index contributed by atoms with van der Waals surface area (Å²) in [6.07, 6.45) is 14.2. The van der Waals surface area contributed by atoms with Crippen LogP contribution in [0.15, 0.2) is 144 Å². The largest absolute Gasteiger partial charge is 0.452 e. The minimum Gasteiger partial charge on any atom is -0.452 e. The highest BCUT2D eigenvalue weighted by atomic mass is 16.3. The van der Waals surface area contributed by atoms with Crippen LogP contribution in [0, 0.1) is 0 Å². The molecule has 0 N–H and O–H groups in total. The zero-order chi connectivity index (χ0) is 32.4. The summed E-state index contributed by atoms with van der Waals surface area (Å²) < 4.78 is 6.31. The molecule has 1 unspecified atom stereocenters. The Hall–Kier alpha value is -5.54. The van der Waals surface area contributed by atoms with Crippen LogP contribution in [0.25, 0.3) is 61.2 Å². The van der Waals surface area contributed by atoms with Gasteiger partial charge in [-0.2, -0.15) is 0 Å². The van der Waals surface area contributed by atoms with Crippen molar-refractivity contribution in [1.29, 1.82) is 0 Å². The molecule has 1 saturated carbocycles. The van der Waals surface area contributed by atoms with Gasteiger partial charge in [0.25, 0.3) is 0 Å². The van der Waals surface area contributed by atoms with Crippen molar-refractivity contribution in [2.75, 3.05) is 0 Å². The molecule has 2 heterocycles. The number of allylic oxidation sites excluding steroid dienone is 4. The lowest BCUT2D eigenvalue weighted by Gasteiger charge is -2.36. The van der Waals surface area contributed by atoms with E-state index in [4.69, 9.17) is 14.4 Å². The second-order valence-corrected chi connectivity index (χ2v) is 14.0. The van der Waals surface area contributed by atoms with Crippen molar-refractivity contribution >= 4 is 27.6 Å². The van der Waals surface area contributed by atoms with Crippen LogP contribution in [-0.4, -0.2) is 9.97 Å². The molecule has 0 amide bonds. The van der Waals surface area contributed by atoms with Gasteiger partial charge in [-0.15, -0.1) is 0 Å². The third-order valence-electron chi connectivity index (χ3n) is 11.2. The number of hydrogen-bond donors (Lipinski definition) is 0. The van der Waals surface area contributed by atoms with Crippen LogP contribution in [0.4, 0.5) is 0 Å². The topological polar surface area (TPSA) is 38.9 Å². The van der Waals surface area contributed by atoms with E-state index in [1.807, 2.05) is 36.4 Å². The van der Waals surface area contributed by atoms with E-state index in [0.29, 0.717) is 0 Å². The Morgan fingerprint density at radius 1 is 0.612 bits per heavy atom. The smallest absolute Gasteiger partial charge is 0.180 e. The summed E-state index contributed by atoms with van der Waals surface area (Å²) in [5.74, 6) is 0.917. The SMILES string of the molecule is C1=CC(c2nc(-c3ccccc3)c3oc4ccccc4c3n2)CC=C1c1ccc(-c2ccc3c(c2)C2(CCCCC2)c2ccccc2-3)cc1. The van der Waals surface area contributed by atoms with E-state index >= 15 is 0 Å². The molecular formula is C46H36N2O. The molecule has 236 valence electrons. The lowest BCUT2D eigenvalue weighted by Crippen LogP contribution is -2.28. The monoisotopic (exact) mass is 632 g/mol. The number of nitrogens with zero attached hydrogens (tertiary/aromatic N) is 2. The average Bonchev–Trinajstić information content (AvgIpc) is 3.68. The van der Waals surface area contributed by atoms with Gasteiger partial charge >= 0.3 is 0 Å². The van der Waals surface area contributed by atoms with Gasteiger partial charge in [0.2, 0.25) is 0 Å². The number of hydrogen-bond acceptors (Lipinski definition) is 3. The number of rotatable bonds is 4. The zero-order valence-electron chi connectivity index (χ0n) is 27.4. The van der Waals surface area contributed by atoms with Crippen molar-refractivity contribution < 1.29 is 4.42 Å². The summed E-state index contributed by atoms with van der Waals surface area (Å²) in [4.78, 5) is 10.2. The van der Waals surface area contributed by atoms with Gasteiger partial charge in [0.15, 0.2) is 5.58 Å². The molecule has 0 saturated heterocycles. The first kappa shape index (κ1) is 28.5. The predicted molar refractivity (Wildman–Crippen MR) is 200 cm³/mol. The molecule has 1 atom stereocenters. The number of para-hydroxylation sites is 1. The quantitative estimate of drug-likeness (QED) is 0.194. The van der Waals surface area contributed by atoms with Crippen molar-refractivity contribution in [3.63, 3.8) is 0 Å². The van der Waals surface area contributed by atoms with Crippen LogP contribution in [0.3, 0.4) is 0 Å². The summed E-state index contributed by atoms with van der Waals surface area (Å²) in [5.41, 5.74) is 15.5. The van der Waals surface area contributed by atoms with Crippen LogP contribution in [0.2, 0.25) is 0 Å². The number of furan rings is 1. The van der Waals surface area contributed by atoms with Crippen LogP contribution in [0.1, 0.15) is 67.0 Å². The number of fused-ring (bicyclic) bond motifs is 8. The van der Waals surface area contributed by atoms with Crippen LogP contribution < -0.4 is 0 Å². The highest BCUT2D eigenvalue weighted by Gasteiger charge is 2.43. The van der Waals surface area contributed by atoms with E-state index in [-0.39, 0.29) is 11.3 Å². The molecule has 49 heavy (non-hydrogen) atoms. The normalized spacial score (nSPS) is 17.7.